The lowest BCUT2D eigenvalue weighted by atomic mass is 10.2. The summed E-state index contributed by atoms with van der Waals surface area (Å²) in [4.78, 5) is 16.6. The lowest BCUT2D eigenvalue weighted by Crippen LogP contribution is -2.52. The molecule has 0 N–H and O–H groups in total. The van der Waals surface area contributed by atoms with Gasteiger partial charge in [-0.1, -0.05) is 0 Å². The predicted molar refractivity (Wildman–Crippen MR) is 98.6 cm³/mol. The fraction of sp³-hybridized carbons (Fsp3) is 0.421. The number of hydrogen-bond donors (Lipinski definition) is 0. The van der Waals surface area contributed by atoms with Crippen molar-refractivity contribution in [3.05, 3.63) is 48.0 Å². The number of hydrogen-bond acceptors (Lipinski definition) is 5. The second-order valence-electron chi connectivity index (χ2n) is 7.06. The number of amides is 1. The normalized spacial score (nSPS) is 22.9. The summed E-state index contributed by atoms with van der Waals surface area (Å²) in [6, 6.07) is 9.33. The second kappa shape index (κ2) is 7.09. The number of rotatable bonds is 3. The first-order valence-corrected chi connectivity index (χ1v) is 10.8. The van der Waals surface area contributed by atoms with Gasteiger partial charge in [-0.25, -0.2) is 12.8 Å². The number of carbonyl (C=O) groups excluding carboxylic acids is 1. The van der Waals surface area contributed by atoms with Gasteiger partial charge < -0.3 is 9.32 Å². The molecule has 6 nitrogen and oxygen atoms in total. The topological polar surface area (TPSA) is 70.8 Å². The molecule has 1 aromatic carbocycles. The van der Waals surface area contributed by atoms with E-state index in [0.29, 0.717) is 43.9 Å². The first kappa shape index (κ1) is 18.2. The van der Waals surface area contributed by atoms with E-state index in [0.717, 1.165) is 0 Å². The fourth-order valence-electron chi connectivity index (χ4n) is 3.73. The van der Waals surface area contributed by atoms with Gasteiger partial charge in [0.2, 0.25) is 0 Å². The Bertz CT molecular complexity index is 931. The lowest BCUT2D eigenvalue weighted by molar-refractivity contribution is 0.0559. The number of benzene rings is 1. The highest BCUT2D eigenvalue weighted by Gasteiger charge is 2.34. The van der Waals surface area contributed by atoms with E-state index < -0.39 is 9.84 Å². The smallest absolute Gasteiger partial charge is 0.289 e. The van der Waals surface area contributed by atoms with E-state index in [2.05, 4.69) is 4.90 Å². The van der Waals surface area contributed by atoms with Gasteiger partial charge in [0.1, 0.15) is 11.6 Å². The van der Waals surface area contributed by atoms with Crippen LogP contribution in [0, 0.1) is 5.82 Å². The molecule has 0 unspecified atom stereocenters. The van der Waals surface area contributed by atoms with Crippen molar-refractivity contribution >= 4 is 15.7 Å². The number of carbonyl (C=O) groups is 1. The monoisotopic (exact) mass is 392 g/mol. The van der Waals surface area contributed by atoms with Gasteiger partial charge in [0.25, 0.3) is 5.91 Å². The van der Waals surface area contributed by atoms with Crippen LogP contribution in [0.2, 0.25) is 0 Å². The van der Waals surface area contributed by atoms with Crippen molar-refractivity contribution in [1.29, 1.82) is 0 Å². The van der Waals surface area contributed by atoms with Crippen molar-refractivity contribution in [3.8, 4) is 11.3 Å². The van der Waals surface area contributed by atoms with Crippen LogP contribution in [0.1, 0.15) is 17.0 Å². The Morgan fingerprint density at radius 1 is 1.04 bits per heavy atom. The summed E-state index contributed by atoms with van der Waals surface area (Å²) in [5.74, 6) is 0.756. The van der Waals surface area contributed by atoms with Crippen LogP contribution in [-0.4, -0.2) is 67.9 Å². The average Bonchev–Trinajstić information content (AvgIpc) is 3.29. The minimum Gasteiger partial charge on any atom is -0.451 e. The van der Waals surface area contributed by atoms with E-state index in [1.54, 1.807) is 29.2 Å². The van der Waals surface area contributed by atoms with Crippen molar-refractivity contribution < 1.29 is 22.0 Å². The SMILES string of the molecule is O=C(c1ccc(-c2ccc(F)cc2)o1)N1CCN([C@@H]2CCS(=O)(=O)C2)CC1. The molecule has 2 aromatic rings. The standard InChI is InChI=1S/C19H21FN2O4S/c20-15-3-1-14(2-4-15)17-5-6-18(26-17)19(23)22-10-8-21(9-11-22)16-7-12-27(24,25)13-16/h1-6,16H,7-13H2/t16-/m1/s1. The lowest BCUT2D eigenvalue weighted by Gasteiger charge is -2.37. The molecule has 2 aliphatic rings. The first-order valence-electron chi connectivity index (χ1n) is 9.01. The van der Waals surface area contributed by atoms with Gasteiger partial charge in [0.15, 0.2) is 15.6 Å². The van der Waals surface area contributed by atoms with Gasteiger partial charge in [-0.3, -0.25) is 9.69 Å². The fourth-order valence-corrected chi connectivity index (χ4v) is 5.49. The minimum atomic E-state index is -2.90. The number of piperazine rings is 1. The van der Waals surface area contributed by atoms with Gasteiger partial charge >= 0.3 is 0 Å². The molecular weight excluding hydrogens is 371 g/mol. The molecule has 27 heavy (non-hydrogen) atoms. The Hall–Kier alpha value is -2.19. The molecule has 0 radical (unpaired) electrons. The number of halogens is 1. The van der Waals surface area contributed by atoms with E-state index in [1.165, 1.54) is 12.1 Å². The summed E-state index contributed by atoms with van der Waals surface area (Å²) < 4.78 is 42.0. The molecule has 1 aromatic heterocycles. The molecule has 144 valence electrons. The first-order chi connectivity index (χ1) is 12.9. The largest absolute Gasteiger partial charge is 0.451 e. The highest BCUT2D eigenvalue weighted by molar-refractivity contribution is 7.91. The molecule has 8 heteroatoms. The Labute approximate surface area is 157 Å². The van der Waals surface area contributed by atoms with E-state index in [-0.39, 0.29) is 35.0 Å². The number of sulfone groups is 1. The third-order valence-corrected chi connectivity index (χ3v) is 7.02. The van der Waals surface area contributed by atoms with Crippen molar-refractivity contribution in [2.24, 2.45) is 0 Å². The number of furan rings is 1. The van der Waals surface area contributed by atoms with E-state index in [9.17, 15) is 17.6 Å². The Balaban J connectivity index is 1.38. The minimum absolute atomic E-state index is 0.0703. The van der Waals surface area contributed by atoms with Gasteiger partial charge in [-0.05, 0) is 42.8 Å². The van der Waals surface area contributed by atoms with Crippen LogP contribution in [0.15, 0.2) is 40.8 Å². The van der Waals surface area contributed by atoms with E-state index >= 15 is 0 Å². The summed E-state index contributed by atoms with van der Waals surface area (Å²) in [5, 5.41) is 0. The predicted octanol–water partition coefficient (Wildman–Crippen LogP) is 2.03. The third kappa shape index (κ3) is 3.91. The summed E-state index contributed by atoms with van der Waals surface area (Å²) in [5.41, 5.74) is 0.711. The van der Waals surface area contributed by atoms with Crippen LogP contribution < -0.4 is 0 Å². The molecule has 4 rings (SSSR count). The van der Waals surface area contributed by atoms with Crippen LogP contribution in [0.25, 0.3) is 11.3 Å². The maximum absolute atomic E-state index is 13.0. The molecule has 0 bridgehead atoms. The maximum Gasteiger partial charge on any atom is 0.289 e. The van der Waals surface area contributed by atoms with E-state index in [1.807, 2.05) is 0 Å². The maximum atomic E-state index is 13.0. The van der Waals surface area contributed by atoms with Crippen LogP contribution in [-0.2, 0) is 9.84 Å². The van der Waals surface area contributed by atoms with Gasteiger partial charge in [0, 0.05) is 37.8 Å². The molecule has 2 aliphatic heterocycles. The molecule has 1 atom stereocenters. The van der Waals surface area contributed by atoms with Crippen LogP contribution in [0.5, 0.6) is 0 Å². The molecule has 0 spiro atoms. The molecular formula is C19H21FN2O4S. The summed E-state index contributed by atoms with van der Waals surface area (Å²) in [6.45, 7) is 2.42. The zero-order valence-electron chi connectivity index (χ0n) is 14.8. The Morgan fingerprint density at radius 3 is 2.37 bits per heavy atom. The third-order valence-electron chi connectivity index (χ3n) is 5.27. The second-order valence-corrected chi connectivity index (χ2v) is 9.28. The van der Waals surface area contributed by atoms with Gasteiger partial charge in [-0.15, -0.1) is 0 Å². The molecule has 0 saturated carbocycles. The summed E-state index contributed by atoms with van der Waals surface area (Å²) >= 11 is 0. The Morgan fingerprint density at radius 2 is 1.74 bits per heavy atom. The highest BCUT2D eigenvalue weighted by atomic mass is 32.2. The summed E-state index contributed by atoms with van der Waals surface area (Å²) in [7, 11) is -2.90. The van der Waals surface area contributed by atoms with Gasteiger partial charge in [0.05, 0.1) is 11.5 Å². The van der Waals surface area contributed by atoms with Crippen molar-refractivity contribution in [1.82, 2.24) is 9.80 Å². The molecule has 1 amide bonds. The molecule has 3 heterocycles. The zero-order valence-corrected chi connectivity index (χ0v) is 15.6. The molecule has 2 fully saturated rings. The molecule has 2 saturated heterocycles. The Kier molecular flexibility index (Phi) is 4.77. The van der Waals surface area contributed by atoms with Gasteiger partial charge in [-0.2, -0.15) is 0 Å². The van der Waals surface area contributed by atoms with Crippen molar-refractivity contribution in [2.75, 3.05) is 37.7 Å². The van der Waals surface area contributed by atoms with Crippen molar-refractivity contribution in [3.63, 3.8) is 0 Å². The van der Waals surface area contributed by atoms with E-state index in [4.69, 9.17) is 4.42 Å². The van der Waals surface area contributed by atoms with Crippen LogP contribution in [0.3, 0.4) is 0 Å². The number of nitrogens with zero attached hydrogens (tertiary/aromatic N) is 2. The summed E-state index contributed by atoms with van der Waals surface area (Å²) in [6.07, 6.45) is 0.676. The van der Waals surface area contributed by atoms with Crippen LogP contribution >= 0.6 is 0 Å². The average molecular weight is 392 g/mol. The zero-order chi connectivity index (χ0) is 19.0. The van der Waals surface area contributed by atoms with Crippen molar-refractivity contribution in [2.45, 2.75) is 12.5 Å². The quantitative estimate of drug-likeness (QED) is 0.799. The van der Waals surface area contributed by atoms with Crippen LogP contribution in [0.4, 0.5) is 4.39 Å². The molecule has 0 aliphatic carbocycles. The highest BCUT2D eigenvalue weighted by Crippen LogP contribution is 2.24.